The van der Waals surface area contributed by atoms with Crippen LogP contribution in [0.5, 0.6) is 5.75 Å². The number of para-hydroxylation sites is 1. The number of carbonyl (C=O) groups is 1. The van der Waals surface area contributed by atoms with Crippen molar-refractivity contribution in [3.05, 3.63) is 72.1 Å². The number of aromatic nitrogens is 2. The monoisotopic (exact) mass is 376 g/mol. The van der Waals surface area contributed by atoms with E-state index in [2.05, 4.69) is 16.0 Å². The molecule has 9 heteroatoms. The molecule has 27 heavy (non-hydrogen) atoms. The molecule has 0 unspecified atom stereocenters. The Bertz CT molecular complexity index is 936. The summed E-state index contributed by atoms with van der Waals surface area (Å²) in [6.07, 6.45) is -2.97. The molecule has 3 aromatic rings. The smallest absolute Gasteiger partial charge is 0.418 e. The molecular weight excluding hydrogens is 361 g/mol. The number of rotatable bonds is 5. The molecule has 140 valence electrons. The molecule has 0 aliphatic heterocycles. The molecule has 2 N–H and O–H groups in total. The van der Waals surface area contributed by atoms with Crippen molar-refractivity contribution in [2.24, 2.45) is 0 Å². The number of hydrogen-bond acceptors (Lipinski definition) is 4. The highest BCUT2D eigenvalue weighted by molar-refractivity contribution is 5.93. The summed E-state index contributed by atoms with van der Waals surface area (Å²) in [6, 6.07) is 13.3. The standard InChI is InChI=1S/C18H15F3N4O2/c1-27-13-8-6-12(7-9-13)25-11-10-16(24-25)17(26)23-22-15-5-3-2-4-14(15)18(19,20)21/h2-11,22H,1H3,(H,23,26). The van der Waals surface area contributed by atoms with Crippen molar-refractivity contribution in [1.82, 2.24) is 15.2 Å². The molecule has 6 nitrogen and oxygen atoms in total. The first-order valence-corrected chi connectivity index (χ1v) is 7.81. The second-order valence-electron chi connectivity index (χ2n) is 5.47. The van der Waals surface area contributed by atoms with Gasteiger partial charge in [0.05, 0.1) is 24.0 Å². The van der Waals surface area contributed by atoms with E-state index in [9.17, 15) is 18.0 Å². The molecule has 2 aromatic carbocycles. The zero-order valence-electron chi connectivity index (χ0n) is 14.1. The van der Waals surface area contributed by atoms with Gasteiger partial charge in [0.15, 0.2) is 5.69 Å². The molecule has 0 radical (unpaired) electrons. The third-order valence-electron chi connectivity index (χ3n) is 3.70. The molecule has 3 rings (SSSR count). The fourth-order valence-electron chi connectivity index (χ4n) is 2.35. The number of alkyl halides is 3. The second-order valence-corrected chi connectivity index (χ2v) is 5.47. The highest BCUT2D eigenvalue weighted by atomic mass is 19.4. The Labute approximate surface area is 152 Å². The van der Waals surface area contributed by atoms with E-state index in [0.29, 0.717) is 11.4 Å². The summed E-state index contributed by atoms with van der Waals surface area (Å²) in [7, 11) is 1.55. The molecule has 0 saturated carbocycles. The number of benzene rings is 2. The summed E-state index contributed by atoms with van der Waals surface area (Å²) in [5.74, 6) is 0.00985. The van der Waals surface area contributed by atoms with Crippen molar-refractivity contribution in [2.75, 3.05) is 12.5 Å². The number of methoxy groups -OCH3 is 1. The molecule has 1 aromatic heterocycles. The highest BCUT2D eigenvalue weighted by Crippen LogP contribution is 2.34. The molecule has 1 heterocycles. The third-order valence-corrected chi connectivity index (χ3v) is 3.70. The van der Waals surface area contributed by atoms with Gasteiger partial charge in [-0.3, -0.25) is 15.6 Å². The van der Waals surface area contributed by atoms with Gasteiger partial charge in [0.1, 0.15) is 5.75 Å². The number of anilines is 1. The van der Waals surface area contributed by atoms with E-state index in [4.69, 9.17) is 4.74 Å². The van der Waals surface area contributed by atoms with Crippen molar-refractivity contribution in [3.63, 3.8) is 0 Å². The number of halogens is 3. The van der Waals surface area contributed by atoms with Gasteiger partial charge in [-0.05, 0) is 42.5 Å². The van der Waals surface area contributed by atoms with Crippen molar-refractivity contribution >= 4 is 11.6 Å². The van der Waals surface area contributed by atoms with Crippen LogP contribution in [0.2, 0.25) is 0 Å². The molecule has 0 bridgehead atoms. The maximum atomic E-state index is 13.0. The van der Waals surface area contributed by atoms with Gasteiger partial charge < -0.3 is 4.74 Å². The summed E-state index contributed by atoms with van der Waals surface area (Å²) in [6.45, 7) is 0. The van der Waals surface area contributed by atoms with Crippen LogP contribution in [0, 0.1) is 0 Å². The number of carbonyl (C=O) groups excluding carboxylic acids is 1. The Hall–Kier alpha value is -3.49. The van der Waals surface area contributed by atoms with E-state index in [0.717, 1.165) is 6.07 Å². The summed E-state index contributed by atoms with van der Waals surface area (Å²) in [5.41, 5.74) is 4.13. The maximum absolute atomic E-state index is 13.0. The average Bonchev–Trinajstić information content (AvgIpc) is 3.16. The quantitative estimate of drug-likeness (QED) is 0.667. The molecule has 0 atom stereocenters. The lowest BCUT2D eigenvalue weighted by Crippen LogP contribution is -2.31. The van der Waals surface area contributed by atoms with Gasteiger partial charge in [-0.15, -0.1) is 0 Å². The first-order chi connectivity index (χ1) is 12.9. The lowest BCUT2D eigenvalue weighted by atomic mass is 10.2. The van der Waals surface area contributed by atoms with Crippen LogP contribution < -0.4 is 15.6 Å². The number of ether oxygens (including phenoxy) is 1. The molecule has 0 saturated heterocycles. The van der Waals surface area contributed by atoms with Crippen LogP contribution in [0.3, 0.4) is 0 Å². The summed E-state index contributed by atoms with van der Waals surface area (Å²) < 4.78 is 45.4. The van der Waals surface area contributed by atoms with Gasteiger partial charge in [-0.2, -0.15) is 18.3 Å². The van der Waals surface area contributed by atoms with Crippen LogP contribution in [-0.4, -0.2) is 22.8 Å². The van der Waals surface area contributed by atoms with Crippen molar-refractivity contribution in [1.29, 1.82) is 0 Å². The van der Waals surface area contributed by atoms with Crippen molar-refractivity contribution in [2.45, 2.75) is 6.18 Å². The highest BCUT2D eigenvalue weighted by Gasteiger charge is 2.33. The number of nitrogens with zero attached hydrogens (tertiary/aromatic N) is 2. The van der Waals surface area contributed by atoms with Crippen LogP contribution in [0.25, 0.3) is 5.69 Å². The van der Waals surface area contributed by atoms with E-state index in [1.54, 1.807) is 37.6 Å². The fraction of sp³-hybridized carbons (Fsp3) is 0.111. The minimum atomic E-state index is -4.54. The molecule has 0 aliphatic rings. The van der Waals surface area contributed by atoms with E-state index in [1.165, 1.54) is 28.9 Å². The van der Waals surface area contributed by atoms with Gasteiger partial charge >= 0.3 is 6.18 Å². The number of amides is 1. The normalized spacial score (nSPS) is 11.1. The molecule has 1 amide bonds. The minimum Gasteiger partial charge on any atom is -0.497 e. The Morgan fingerprint density at radius 1 is 1.07 bits per heavy atom. The fourth-order valence-corrected chi connectivity index (χ4v) is 2.35. The average molecular weight is 376 g/mol. The molecular formula is C18H15F3N4O2. The summed E-state index contributed by atoms with van der Waals surface area (Å²) >= 11 is 0. The number of nitrogens with one attached hydrogen (secondary N) is 2. The largest absolute Gasteiger partial charge is 0.497 e. The first kappa shape index (κ1) is 18.3. The van der Waals surface area contributed by atoms with Crippen LogP contribution in [0.15, 0.2) is 60.8 Å². The Morgan fingerprint density at radius 2 is 1.78 bits per heavy atom. The molecule has 0 fully saturated rings. The Morgan fingerprint density at radius 3 is 2.44 bits per heavy atom. The second kappa shape index (κ2) is 7.40. The van der Waals surface area contributed by atoms with Crippen LogP contribution in [-0.2, 0) is 6.18 Å². The predicted molar refractivity (Wildman–Crippen MR) is 92.6 cm³/mol. The van der Waals surface area contributed by atoms with Crippen LogP contribution >= 0.6 is 0 Å². The Kier molecular flexibility index (Phi) is 5.02. The van der Waals surface area contributed by atoms with E-state index in [-0.39, 0.29) is 11.4 Å². The van der Waals surface area contributed by atoms with Crippen molar-refractivity contribution in [3.8, 4) is 11.4 Å². The minimum absolute atomic E-state index is 0.0443. The Balaban J connectivity index is 1.70. The molecule has 0 aliphatic carbocycles. The maximum Gasteiger partial charge on any atom is 0.418 e. The van der Waals surface area contributed by atoms with E-state index >= 15 is 0 Å². The first-order valence-electron chi connectivity index (χ1n) is 7.81. The predicted octanol–water partition coefficient (Wildman–Crippen LogP) is 3.66. The topological polar surface area (TPSA) is 68.2 Å². The van der Waals surface area contributed by atoms with E-state index < -0.39 is 17.6 Å². The van der Waals surface area contributed by atoms with Crippen molar-refractivity contribution < 1.29 is 22.7 Å². The zero-order valence-corrected chi connectivity index (χ0v) is 14.1. The van der Waals surface area contributed by atoms with Gasteiger partial charge in [-0.1, -0.05) is 12.1 Å². The van der Waals surface area contributed by atoms with Gasteiger partial charge in [0.2, 0.25) is 0 Å². The summed E-state index contributed by atoms with van der Waals surface area (Å²) in [4.78, 5) is 12.2. The third kappa shape index (κ3) is 4.20. The number of hydrogen-bond donors (Lipinski definition) is 2. The zero-order chi connectivity index (χ0) is 19.4. The van der Waals surface area contributed by atoms with Gasteiger partial charge in [0, 0.05) is 6.20 Å². The molecule has 0 spiro atoms. The lowest BCUT2D eigenvalue weighted by Gasteiger charge is -2.14. The van der Waals surface area contributed by atoms with Crippen LogP contribution in [0.1, 0.15) is 16.1 Å². The van der Waals surface area contributed by atoms with Crippen LogP contribution in [0.4, 0.5) is 18.9 Å². The van der Waals surface area contributed by atoms with Gasteiger partial charge in [0.25, 0.3) is 5.91 Å². The lowest BCUT2D eigenvalue weighted by molar-refractivity contribution is -0.137. The summed E-state index contributed by atoms with van der Waals surface area (Å²) in [5, 5.41) is 4.12. The van der Waals surface area contributed by atoms with Gasteiger partial charge in [-0.25, -0.2) is 4.68 Å². The SMILES string of the molecule is COc1ccc(-n2ccc(C(=O)NNc3ccccc3C(F)(F)F)n2)cc1. The number of hydrazine groups is 1. The van der Waals surface area contributed by atoms with E-state index in [1.807, 2.05) is 0 Å².